The normalized spacial score (nSPS) is 34.6. The van der Waals surface area contributed by atoms with Crippen LogP contribution in [0.1, 0.15) is 39.5 Å². The third kappa shape index (κ3) is 2.71. The van der Waals surface area contributed by atoms with Crippen LogP contribution in [0.25, 0.3) is 0 Å². The summed E-state index contributed by atoms with van der Waals surface area (Å²) in [6.07, 6.45) is 6.07. The van der Waals surface area contributed by atoms with Gasteiger partial charge in [0.2, 0.25) is 0 Å². The van der Waals surface area contributed by atoms with Crippen molar-refractivity contribution in [3.05, 3.63) is 11.8 Å². The number of nitrogens with one attached hydrogen (secondary N) is 2. The summed E-state index contributed by atoms with van der Waals surface area (Å²) in [5.41, 5.74) is 0.830. The average molecular weight is 320 g/mol. The summed E-state index contributed by atoms with van der Waals surface area (Å²) < 4.78 is 0. The van der Waals surface area contributed by atoms with Crippen LogP contribution < -0.4 is 5.32 Å². The van der Waals surface area contributed by atoms with Crippen LogP contribution in [-0.2, 0) is 0 Å². The van der Waals surface area contributed by atoms with Gasteiger partial charge in [0.25, 0.3) is 0 Å². The predicted octanol–water partition coefficient (Wildman–Crippen LogP) is 2.43. The highest BCUT2D eigenvalue weighted by molar-refractivity contribution is 6.84. The molecular formula is C16H22ClN5. The first-order valence-corrected chi connectivity index (χ1v) is 8.25. The van der Waals surface area contributed by atoms with Gasteiger partial charge in [-0.3, -0.25) is 4.90 Å². The largest absolute Gasteiger partial charge is 0.301 e. The molecule has 2 N–H and O–H groups in total. The molecule has 3 aliphatic rings. The van der Waals surface area contributed by atoms with Crippen molar-refractivity contribution >= 4 is 22.5 Å². The maximum Gasteiger partial charge on any atom is 0.151 e. The molecule has 0 saturated carbocycles. The Hall–Kier alpha value is -1.22. The van der Waals surface area contributed by atoms with Gasteiger partial charge in [0, 0.05) is 23.8 Å². The molecule has 22 heavy (non-hydrogen) atoms. The van der Waals surface area contributed by atoms with E-state index in [1.807, 2.05) is 0 Å². The van der Waals surface area contributed by atoms with Crippen LogP contribution >= 0.6 is 11.6 Å². The van der Waals surface area contributed by atoms with Crippen LogP contribution in [0.5, 0.6) is 0 Å². The van der Waals surface area contributed by atoms with E-state index in [0.717, 1.165) is 12.8 Å². The van der Waals surface area contributed by atoms with E-state index >= 15 is 0 Å². The van der Waals surface area contributed by atoms with Crippen LogP contribution in [0.3, 0.4) is 0 Å². The standard InChI is InChI=1S/C16H22ClN5/c1-16(2)7-11(6-12-4-3-5-22(12)16)21-14-10(8-18)9-20-15(17)13(14)19/h9,11-12,14,19,21H,3-7H2,1-2H3. The third-order valence-electron chi connectivity index (χ3n) is 5.13. The number of piperidine rings is 1. The fourth-order valence-electron chi connectivity index (χ4n) is 4.18. The Morgan fingerprint density at radius 2 is 2.32 bits per heavy atom. The minimum Gasteiger partial charge on any atom is -0.301 e. The van der Waals surface area contributed by atoms with E-state index in [0.29, 0.717) is 17.7 Å². The minimum atomic E-state index is -0.427. The Kier molecular flexibility index (Phi) is 4.11. The Balaban J connectivity index is 1.76. The molecule has 3 unspecified atom stereocenters. The fraction of sp³-hybridized carbons (Fsp3) is 0.688. The van der Waals surface area contributed by atoms with Gasteiger partial charge in [0.05, 0.1) is 23.4 Å². The van der Waals surface area contributed by atoms with Crippen molar-refractivity contribution in [3.63, 3.8) is 0 Å². The molecule has 5 nitrogen and oxygen atoms in total. The number of rotatable bonds is 2. The molecule has 3 heterocycles. The zero-order chi connectivity index (χ0) is 15.9. The summed E-state index contributed by atoms with van der Waals surface area (Å²) in [5.74, 6) is 0. The lowest BCUT2D eigenvalue weighted by molar-refractivity contribution is 0.0375. The highest BCUT2D eigenvalue weighted by Gasteiger charge is 2.43. The van der Waals surface area contributed by atoms with Gasteiger partial charge in [-0.2, -0.15) is 5.26 Å². The van der Waals surface area contributed by atoms with Crippen molar-refractivity contribution in [2.45, 2.75) is 63.2 Å². The molecule has 0 spiro atoms. The van der Waals surface area contributed by atoms with Gasteiger partial charge in [-0.05, 0) is 46.1 Å². The van der Waals surface area contributed by atoms with Crippen LogP contribution in [0.2, 0.25) is 0 Å². The average Bonchev–Trinajstić information content (AvgIpc) is 2.93. The van der Waals surface area contributed by atoms with Crippen molar-refractivity contribution in [1.29, 1.82) is 10.7 Å². The molecule has 2 fully saturated rings. The molecule has 0 amide bonds. The maximum atomic E-state index is 9.27. The lowest BCUT2D eigenvalue weighted by Crippen LogP contribution is -2.59. The SMILES string of the molecule is CC1(C)CC(NC2C(=N)C(Cl)=NC=C2C#N)CC2CCCN21. The van der Waals surface area contributed by atoms with Gasteiger partial charge >= 0.3 is 0 Å². The highest BCUT2D eigenvalue weighted by Crippen LogP contribution is 2.37. The van der Waals surface area contributed by atoms with Crippen LogP contribution in [-0.4, -0.2) is 46.0 Å². The van der Waals surface area contributed by atoms with Gasteiger partial charge in [0.15, 0.2) is 5.17 Å². The molecule has 118 valence electrons. The number of nitriles is 1. The van der Waals surface area contributed by atoms with Gasteiger partial charge in [-0.1, -0.05) is 11.6 Å². The first-order valence-electron chi connectivity index (χ1n) is 7.87. The first kappa shape index (κ1) is 15.7. The highest BCUT2D eigenvalue weighted by atomic mass is 35.5. The molecule has 0 aromatic heterocycles. The van der Waals surface area contributed by atoms with Crippen molar-refractivity contribution in [3.8, 4) is 6.07 Å². The van der Waals surface area contributed by atoms with Crippen LogP contribution in [0.15, 0.2) is 16.8 Å². The molecule has 3 aliphatic heterocycles. The molecule has 0 aromatic rings. The van der Waals surface area contributed by atoms with E-state index in [2.05, 4.69) is 35.1 Å². The van der Waals surface area contributed by atoms with E-state index in [4.69, 9.17) is 17.0 Å². The maximum absolute atomic E-state index is 9.27. The zero-order valence-electron chi connectivity index (χ0n) is 13.1. The van der Waals surface area contributed by atoms with Gasteiger partial charge in [-0.25, -0.2) is 4.99 Å². The molecule has 0 aromatic carbocycles. The molecule has 6 heteroatoms. The van der Waals surface area contributed by atoms with E-state index in [1.165, 1.54) is 25.6 Å². The van der Waals surface area contributed by atoms with Crippen LogP contribution in [0, 0.1) is 16.7 Å². The van der Waals surface area contributed by atoms with Gasteiger partial charge < -0.3 is 10.7 Å². The number of hydrogen-bond acceptors (Lipinski definition) is 5. The molecule has 3 rings (SSSR count). The third-order valence-corrected chi connectivity index (χ3v) is 5.43. The summed E-state index contributed by atoms with van der Waals surface area (Å²) in [7, 11) is 0. The minimum absolute atomic E-state index is 0.155. The van der Waals surface area contributed by atoms with Crippen molar-refractivity contribution in [1.82, 2.24) is 10.2 Å². The van der Waals surface area contributed by atoms with E-state index in [-0.39, 0.29) is 16.4 Å². The van der Waals surface area contributed by atoms with Gasteiger partial charge in [-0.15, -0.1) is 0 Å². The van der Waals surface area contributed by atoms with Crippen molar-refractivity contribution in [2.24, 2.45) is 4.99 Å². The lowest BCUT2D eigenvalue weighted by atomic mass is 9.83. The first-order chi connectivity index (χ1) is 10.4. The van der Waals surface area contributed by atoms with Crippen molar-refractivity contribution < 1.29 is 0 Å². The summed E-state index contributed by atoms with van der Waals surface area (Å²) in [6.45, 7) is 5.77. The summed E-state index contributed by atoms with van der Waals surface area (Å²) in [6, 6.07) is 2.62. The summed E-state index contributed by atoms with van der Waals surface area (Å²) in [5, 5.41) is 21.1. The molecule has 2 saturated heterocycles. The fourth-order valence-corrected chi connectivity index (χ4v) is 4.34. The Morgan fingerprint density at radius 3 is 3.05 bits per heavy atom. The van der Waals surface area contributed by atoms with E-state index in [1.54, 1.807) is 0 Å². The summed E-state index contributed by atoms with van der Waals surface area (Å²) in [4.78, 5) is 6.53. The molecule has 3 atom stereocenters. The Bertz CT molecular complexity index is 586. The van der Waals surface area contributed by atoms with Crippen molar-refractivity contribution in [2.75, 3.05) is 6.54 Å². The quantitative estimate of drug-likeness (QED) is 0.820. The number of fused-ring (bicyclic) bond motifs is 1. The Morgan fingerprint density at radius 1 is 1.55 bits per heavy atom. The van der Waals surface area contributed by atoms with Crippen LogP contribution in [0.4, 0.5) is 0 Å². The van der Waals surface area contributed by atoms with E-state index in [9.17, 15) is 5.26 Å². The molecular weight excluding hydrogens is 298 g/mol. The molecule has 0 bridgehead atoms. The molecule has 0 aliphatic carbocycles. The zero-order valence-corrected chi connectivity index (χ0v) is 13.8. The molecule has 0 radical (unpaired) electrons. The summed E-state index contributed by atoms with van der Waals surface area (Å²) >= 11 is 5.97. The van der Waals surface area contributed by atoms with E-state index < -0.39 is 6.04 Å². The number of hydrogen-bond donors (Lipinski definition) is 2. The second-order valence-electron chi connectivity index (χ2n) is 7.07. The second-order valence-corrected chi connectivity index (χ2v) is 7.43. The topological polar surface area (TPSA) is 75.3 Å². The smallest absolute Gasteiger partial charge is 0.151 e. The monoisotopic (exact) mass is 319 g/mol. The van der Waals surface area contributed by atoms with Gasteiger partial charge in [0.1, 0.15) is 0 Å². The number of aliphatic imine (C=N–C) groups is 1. The number of halogens is 1. The predicted molar refractivity (Wildman–Crippen MR) is 88.5 cm³/mol. The number of nitrogens with zero attached hydrogens (tertiary/aromatic N) is 3. The lowest BCUT2D eigenvalue weighted by Gasteiger charge is -2.48. The Labute approximate surface area is 136 Å². The second kappa shape index (κ2) is 5.77.